The third-order valence-electron chi connectivity index (χ3n) is 7.12. The summed E-state index contributed by atoms with van der Waals surface area (Å²) >= 11 is 0. The highest BCUT2D eigenvalue weighted by Crippen LogP contribution is 2.57. The van der Waals surface area contributed by atoms with Gasteiger partial charge in [-0.25, -0.2) is 4.39 Å². The highest BCUT2D eigenvalue weighted by Gasteiger charge is 2.58. The summed E-state index contributed by atoms with van der Waals surface area (Å²) < 4.78 is 19.7. The third kappa shape index (κ3) is 6.08. The van der Waals surface area contributed by atoms with Gasteiger partial charge in [0.05, 0.1) is 18.8 Å². The minimum absolute atomic E-state index is 0.101. The first-order valence-electron chi connectivity index (χ1n) is 12.1. The van der Waals surface area contributed by atoms with Gasteiger partial charge in [-0.05, 0) is 55.7 Å². The summed E-state index contributed by atoms with van der Waals surface area (Å²) in [4.78, 5) is 10.7. The Labute approximate surface area is 191 Å². The normalized spacial score (nSPS) is 28.2. The number of aliphatic carboxylic acids is 1. The van der Waals surface area contributed by atoms with Crippen LogP contribution in [0.3, 0.4) is 0 Å². The average Bonchev–Trinajstić information content (AvgIpc) is 3.33. The first kappa shape index (κ1) is 24.7. The third-order valence-corrected chi connectivity index (χ3v) is 7.12. The van der Waals surface area contributed by atoms with Crippen molar-refractivity contribution in [3.05, 3.63) is 60.0 Å². The van der Waals surface area contributed by atoms with Gasteiger partial charge in [0.2, 0.25) is 0 Å². The van der Waals surface area contributed by atoms with E-state index in [2.05, 4.69) is 25.2 Å². The van der Waals surface area contributed by atoms with Gasteiger partial charge in [-0.15, -0.1) is 0 Å². The maximum atomic E-state index is 13.6. The largest absolute Gasteiger partial charge is 0.481 e. The molecule has 2 fully saturated rings. The molecule has 0 spiro atoms. The Morgan fingerprint density at radius 2 is 2.03 bits per heavy atom. The monoisotopic (exact) mass is 444 g/mol. The lowest BCUT2D eigenvalue weighted by Gasteiger charge is -2.38. The Balaban J connectivity index is 1.74. The van der Waals surface area contributed by atoms with Crippen LogP contribution in [0.1, 0.15) is 70.3 Å². The van der Waals surface area contributed by atoms with E-state index in [1.54, 1.807) is 0 Å². The maximum Gasteiger partial charge on any atom is 0.303 e. The molecular formula is C27H37FO4. The number of aliphatic hydroxyl groups excluding tert-OH is 1. The summed E-state index contributed by atoms with van der Waals surface area (Å²) in [6.07, 6.45) is 15.4. The number of carboxylic acids is 1. The summed E-state index contributed by atoms with van der Waals surface area (Å²) in [7, 11) is 0. The zero-order valence-corrected chi connectivity index (χ0v) is 19.1. The topological polar surface area (TPSA) is 66.8 Å². The summed E-state index contributed by atoms with van der Waals surface area (Å²) in [6, 6.07) is 6.82. The number of halogens is 1. The van der Waals surface area contributed by atoms with Gasteiger partial charge >= 0.3 is 5.97 Å². The molecule has 1 aromatic carbocycles. The van der Waals surface area contributed by atoms with Gasteiger partial charge in [0.1, 0.15) is 5.82 Å². The Bertz CT molecular complexity index is 787. The zero-order valence-electron chi connectivity index (χ0n) is 19.1. The van der Waals surface area contributed by atoms with Crippen LogP contribution >= 0.6 is 0 Å². The van der Waals surface area contributed by atoms with E-state index in [0.29, 0.717) is 18.9 Å². The molecule has 1 aliphatic heterocycles. The lowest BCUT2D eigenvalue weighted by molar-refractivity contribution is -0.137. The lowest BCUT2D eigenvalue weighted by atomic mass is 9.69. The van der Waals surface area contributed by atoms with E-state index < -0.39 is 12.1 Å². The van der Waals surface area contributed by atoms with E-state index in [1.807, 2.05) is 18.2 Å². The van der Waals surface area contributed by atoms with Crippen molar-refractivity contribution in [3.63, 3.8) is 0 Å². The molecule has 1 saturated heterocycles. The Hall–Kier alpha value is -1.98. The summed E-state index contributed by atoms with van der Waals surface area (Å²) in [5.74, 6) is -0.512. The first-order chi connectivity index (χ1) is 15.5. The Morgan fingerprint density at radius 1 is 1.25 bits per heavy atom. The molecule has 0 unspecified atom stereocenters. The fourth-order valence-electron chi connectivity index (χ4n) is 5.39. The van der Waals surface area contributed by atoms with E-state index in [4.69, 9.17) is 9.84 Å². The van der Waals surface area contributed by atoms with Crippen molar-refractivity contribution < 1.29 is 24.1 Å². The van der Waals surface area contributed by atoms with Crippen LogP contribution in [-0.4, -0.2) is 35.0 Å². The van der Waals surface area contributed by atoms with Crippen LogP contribution in [0.4, 0.5) is 4.39 Å². The number of fused-ring (bicyclic) bond motifs is 2. The Morgan fingerprint density at radius 3 is 2.75 bits per heavy atom. The van der Waals surface area contributed by atoms with Gasteiger partial charge in [0, 0.05) is 17.8 Å². The molecular weight excluding hydrogens is 407 g/mol. The predicted octanol–water partition coefficient (Wildman–Crippen LogP) is 5.80. The molecule has 5 atom stereocenters. The van der Waals surface area contributed by atoms with Crippen molar-refractivity contribution in [1.82, 2.24) is 0 Å². The molecule has 32 heavy (non-hydrogen) atoms. The molecule has 1 aliphatic carbocycles. The molecule has 176 valence electrons. The number of carbonyl (C=O) groups is 1. The van der Waals surface area contributed by atoms with Crippen LogP contribution < -0.4 is 0 Å². The van der Waals surface area contributed by atoms with Crippen LogP contribution in [0, 0.1) is 17.7 Å². The summed E-state index contributed by atoms with van der Waals surface area (Å²) in [5.41, 5.74) is 0.955. The van der Waals surface area contributed by atoms with Crippen molar-refractivity contribution in [2.45, 2.75) is 82.3 Å². The summed E-state index contributed by atoms with van der Waals surface area (Å²) in [6.45, 7) is 2.79. The SMILES string of the molecule is CCCCC[C@H](O)C=C[C@@H]1[C@@H](CC=CCCCC(=O)O)[C@@]2(c3ccc(F)cc3)CO[C@@H]1C2. The number of allylic oxidation sites excluding steroid dienone is 2. The van der Waals surface area contributed by atoms with E-state index in [0.717, 1.165) is 50.5 Å². The van der Waals surface area contributed by atoms with Crippen LogP contribution in [-0.2, 0) is 14.9 Å². The number of hydrogen-bond acceptors (Lipinski definition) is 3. The molecule has 1 heterocycles. The van der Waals surface area contributed by atoms with Crippen molar-refractivity contribution in [1.29, 1.82) is 0 Å². The van der Waals surface area contributed by atoms with Crippen LogP contribution in [0.25, 0.3) is 0 Å². The highest BCUT2D eigenvalue weighted by molar-refractivity contribution is 5.66. The van der Waals surface area contributed by atoms with Crippen LogP contribution in [0.5, 0.6) is 0 Å². The molecule has 2 N–H and O–H groups in total. The van der Waals surface area contributed by atoms with E-state index in [1.165, 1.54) is 12.1 Å². The van der Waals surface area contributed by atoms with Gasteiger partial charge in [-0.2, -0.15) is 0 Å². The molecule has 4 nitrogen and oxygen atoms in total. The number of aliphatic hydroxyl groups is 1. The fourth-order valence-corrected chi connectivity index (χ4v) is 5.39. The van der Waals surface area contributed by atoms with Crippen molar-refractivity contribution in [2.75, 3.05) is 6.61 Å². The van der Waals surface area contributed by atoms with Crippen LogP contribution in [0.15, 0.2) is 48.6 Å². The molecule has 0 radical (unpaired) electrons. The van der Waals surface area contributed by atoms with E-state index in [9.17, 15) is 14.3 Å². The minimum atomic E-state index is -0.762. The van der Waals surface area contributed by atoms with Gasteiger partial charge in [-0.3, -0.25) is 4.79 Å². The standard InChI is InChI=1S/C27H37FO4/c1-2-3-6-9-22(29)16-17-23-24(10-7-4-5-8-11-26(30)31)27(18-25(23)32-19-27)20-12-14-21(28)15-13-20/h4,7,12-17,22-25,29H,2-3,5-6,8-11,18-19H2,1H3,(H,30,31)/t22-,23+,24+,25+,27+/m0/s1. The zero-order chi connectivity index (χ0) is 23.0. The fraction of sp³-hybridized carbons (Fsp3) is 0.593. The molecule has 1 aromatic rings. The number of unbranched alkanes of at least 4 members (excludes halogenated alkanes) is 3. The minimum Gasteiger partial charge on any atom is -0.481 e. The molecule has 2 bridgehead atoms. The number of ether oxygens (including phenoxy) is 1. The smallest absolute Gasteiger partial charge is 0.303 e. The number of rotatable bonds is 13. The highest BCUT2D eigenvalue weighted by atomic mass is 19.1. The van der Waals surface area contributed by atoms with Gasteiger partial charge in [-0.1, -0.05) is 62.6 Å². The number of carboxylic acid groups (broad SMARTS) is 1. The molecule has 5 heteroatoms. The van der Waals surface area contributed by atoms with Crippen molar-refractivity contribution in [2.24, 2.45) is 11.8 Å². The summed E-state index contributed by atoms with van der Waals surface area (Å²) in [5, 5.41) is 19.2. The van der Waals surface area contributed by atoms with Crippen molar-refractivity contribution in [3.8, 4) is 0 Å². The van der Waals surface area contributed by atoms with Crippen LogP contribution in [0.2, 0.25) is 0 Å². The molecule has 2 aliphatic rings. The molecule has 0 amide bonds. The second-order valence-electron chi connectivity index (χ2n) is 9.34. The second kappa shape index (κ2) is 11.8. The van der Waals surface area contributed by atoms with Gasteiger partial charge in [0.15, 0.2) is 0 Å². The molecule has 3 rings (SSSR count). The van der Waals surface area contributed by atoms with Gasteiger partial charge < -0.3 is 14.9 Å². The number of hydrogen-bond donors (Lipinski definition) is 2. The lowest BCUT2D eigenvalue weighted by Crippen LogP contribution is -2.39. The second-order valence-corrected chi connectivity index (χ2v) is 9.34. The van der Waals surface area contributed by atoms with E-state index >= 15 is 0 Å². The van der Waals surface area contributed by atoms with Crippen molar-refractivity contribution >= 4 is 5.97 Å². The Kier molecular flexibility index (Phi) is 9.06. The quantitative estimate of drug-likeness (QED) is 0.298. The van der Waals surface area contributed by atoms with Gasteiger partial charge in [0.25, 0.3) is 0 Å². The first-order valence-corrected chi connectivity index (χ1v) is 12.1. The number of benzene rings is 1. The molecule has 1 saturated carbocycles. The predicted molar refractivity (Wildman–Crippen MR) is 124 cm³/mol. The molecule has 0 aromatic heterocycles. The average molecular weight is 445 g/mol. The maximum absolute atomic E-state index is 13.6. The van der Waals surface area contributed by atoms with E-state index in [-0.39, 0.29) is 29.7 Å².